The molecule has 2 N–H and O–H groups in total. The van der Waals surface area contributed by atoms with E-state index in [1.165, 1.54) is 0 Å². The Morgan fingerprint density at radius 1 is 1.24 bits per heavy atom. The fraction of sp³-hybridized carbons (Fsp3) is 0.556. The second-order valence-electron chi connectivity index (χ2n) is 9.83. The van der Waals surface area contributed by atoms with E-state index < -0.39 is 5.97 Å². The average Bonchev–Trinajstić information content (AvgIpc) is 3.37. The molecule has 0 aliphatic carbocycles. The van der Waals surface area contributed by atoms with Gasteiger partial charge < -0.3 is 15.1 Å². The van der Waals surface area contributed by atoms with Gasteiger partial charge in [0, 0.05) is 39.0 Å². The van der Waals surface area contributed by atoms with Crippen molar-refractivity contribution in [3.8, 4) is 0 Å². The number of benzene rings is 1. The monoisotopic (exact) mass is 558 g/mol. The summed E-state index contributed by atoms with van der Waals surface area (Å²) in [5.74, 6) is -0.498. The number of carbonyl (C=O) groups is 1. The van der Waals surface area contributed by atoms with E-state index in [0.717, 1.165) is 70.2 Å². The molecule has 1 aliphatic heterocycles. The van der Waals surface area contributed by atoms with Gasteiger partial charge in [-0.05, 0) is 56.2 Å². The van der Waals surface area contributed by atoms with Crippen molar-refractivity contribution >= 4 is 43.0 Å². The van der Waals surface area contributed by atoms with Gasteiger partial charge in [0.05, 0.1) is 24.0 Å². The molecule has 0 radical (unpaired) electrons. The maximum absolute atomic E-state index is 11.7. The smallest absolute Gasteiger partial charge is 0.307 e. The molecule has 2 heterocycles. The van der Waals surface area contributed by atoms with E-state index in [1.807, 2.05) is 10.9 Å². The van der Waals surface area contributed by atoms with Crippen LogP contribution in [0.25, 0.3) is 0 Å². The van der Waals surface area contributed by atoms with Crippen molar-refractivity contribution in [1.29, 1.82) is 0 Å². The largest absolute Gasteiger partial charge is 0.481 e. The van der Waals surface area contributed by atoms with E-state index in [1.54, 1.807) is 31.4 Å². The average molecular weight is 559 g/mol. The maximum atomic E-state index is 11.7. The highest BCUT2D eigenvalue weighted by atomic mass is 32.2. The highest BCUT2D eigenvalue weighted by Crippen LogP contribution is 2.51. The Balaban J connectivity index is 1.59. The van der Waals surface area contributed by atoms with E-state index in [2.05, 4.69) is 55.3 Å². The Kier molecular flexibility index (Phi) is 11.8. The van der Waals surface area contributed by atoms with Crippen LogP contribution in [0, 0.1) is 13.8 Å². The summed E-state index contributed by atoms with van der Waals surface area (Å²) in [5, 5.41) is 32.3. The standard InChI is InChI=1S/C27H39BN4O4S2/c1-5-9-17(2)21-15-32(31-29-21)12-7-6-8-13-36-30-27(28)20(14-23(34)35)26-22(16-33)37-24-18(3)10-11-19(4)25(24)38-26/h10-11,15,17,22,33H,5-9,12-14,16,28H2,1-4H3,(H,34,35)/b26-20-,30-27-. The molecule has 8 nitrogen and oxygen atoms in total. The number of fused-ring (bicyclic) bond motifs is 1. The zero-order valence-corrected chi connectivity index (χ0v) is 24.7. The quantitative estimate of drug-likeness (QED) is 0.146. The second-order valence-corrected chi connectivity index (χ2v) is 12.1. The predicted octanol–water partition coefficient (Wildman–Crippen LogP) is 4.92. The van der Waals surface area contributed by atoms with Crippen LogP contribution in [-0.4, -0.2) is 63.1 Å². The van der Waals surface area contributed by atoms with Crippen LogP contribution < -0.4 is 0 Å². The van der Waals surface area contributed by atoms with Crippen LogP contribution in [0.1, 0.15) is 75.1 Å². The summed E-state index contributed by atoms with van der Waals surface area (Å²) in [6, 6.07) is 4.16. The Morgan fingerprint density at radius 3 is 2.66 bits per heavy atom. The van der Waals surface area contributed by atoms with Crippen molar-refractivity contribution in [1.82, 2.24) is 15.0 Å². The maximum Gasteiger partial charge on any atom is 0.307 e. The molecule has 0 bridgehead atoms. The van der Waals surface area contributed by atoms with Gasteiger partial charge in [-0.15, -0.1) is 22.0 Å². The van der Waals surface area contributed by atoms with Crippen LogP contribution in [0.2, 0.25) is 0 Å². The number of oxime groups is 1. The number of hydrogen-bond acceptors (Lipinski definition) is 8. The normalized spacial score (nSPS) is 17.7. The number of carboxylic acids is 1. The highest BCUT2D eigenvalue weighted by Gasteiger charge is 2.30. The van der Waals surface area contributed by atoms with E-state index in [-0.39, 0.29) is 18.3 Å². The molecule has 0 fully saturated rings. The molecule has 206 valence electrons. The van der Waals surface area contributed by atoms with Gasteiger partial charge >= 0.3 is 5.97 Å². The first-order valence-corrected chi connectivity index (χ1v) is 15.0. The predicted molar refractivity (Wildman–Crippen MR) is 157 cm³/mol. The first-order valence-electron chi connectivity index (χ1n) is 13.3. The number of aliphatic hydroxyl groups excluding tert-OH is 1. The van der Waals surface area contributed by atoms with Gasteiger partial charge in [0.15, 0.2) is 7.85 Å². The van der Waals surface area contributed by atoms with Crippen LogP contribution in [0.15, 0.2) is 43.8 Å². The molecule has 0 spiro atoms. The minimum Gasteiger partial charge on any atom is -0.481 e. The summed E-state index contributed by atoms with van der Waals surface area (Å²) < 4.78 is 1.91. The molecule has 0 amide bonds. The number of thioether (sulfide) groups is 2. The third-order valence-electron chi connectivity index (χ3n) is 6.61. The van der Waals surface area contributed by atoms with Gasteiger partial charge in [-0.2, -0.15) is 0 Å². The summed E-state index contributed by atoms with van der Waals surface area (Å²) in [6.45, 7) is 9.67. The number of unbranched alkanes of at least 4 members (excludes halogenated alkanes) is 2. The molecular weight excluding hydrogens is 519 g/mol. The lowest BCUT2D eigenvalue weighted by molar-refractivity contribution is -0.136. The third kappa shape index (κ3) is 8.13. The lowest BCUT2D eigenvalue weighted by atomic mass is 9.90. The number of carboxylic acid groups (broad SMARTS) is 1. The highest BCUT2D eigenvalue weighted by molar-refractivity contribution is 8.09. The molecule has 2 aromatic rings. The number of rotatable bonds is 14. The van der Waals surface area contributed by atoms with Gasteiger partial charge in [-0.3, -0.25) is 9.48 Å². The summed E-state index contributed by atoms with van der Waals surface area (Å²) >= 11 is 3.14. The van der Waals surface area contributed by atoms with Crippen molar-refractivity contribution in [2.75, 3.05) is 13.2 Å². The van der Waals surface area contributed by atoms with Gasteiger partial charge in [-0.1, -0.05) is 49.4 Å². The number of aryl methyl sites for hydroxylation is 3. The zero-order chi connectivity index (χ0) is 27.7. The molecular formula is C27H39BN4O4S2. The van der Waals surface area contributed by atoms with E-state index in [4.69, 9.17) is 4.84 Å². The van der Waals surface area contributed by atoms with Crippen molar-refractivity contribution in [2.45, 2.75) is 93.7 Å². The molecule has 38 heavy (non-hydrogen) atoms. The summed E-state index contributed by atoms with van der Waals surface area (Å²) in [6.07, 6.45) is 6.90. The van der Waals surface area contributed by atoms with Crippen LogP contribution >= 0.6 is 23.5 Å². The molecule has 1 aromatic carbocycles. The molecule has 0 saturated heterocycles. The number of hydrogen-bond donors (Lipinski definition) is 2. The minimum absolute atomic E-state index is 0.0815. The lowest BCUT2D eigenvalue weighted by Crippen LogP contribution is -2.21. The van der Waals surface area contributed by atoms with Crippen LogP contribution in [0.5, 0.6) is 0 Å². The molecule has 1 aliphatic rings. The minimum atomic E-state index is -0.934. The topological polar surface area (TPSA) is 110 Å². The van der Waals surface area contributed by atoms with E-state index in [0.29, 0.717) is 23.7 Å². The Hall–Kier alpha value is -2.24. The van der Waals surface area contributed by atoms with Crippen molar-refractivity contribution in [2.24, 2.45) is 5.16 Å². The van der Waals surface area contributed by atoms with Crippen LogP contribution in [-0.2, 0) is 16.2 Å². The zero-order valence-electron chi connectivity index (χ0n) is 23.1. The van der Waals surface area contributed by atoms with E-state index in [9.17, 15) is 15.0 Å². The molecule has 2 unspecified atom stereocenters. The van der Waals surface area contributed by atoms with Crippen molar-refractivity contribution in [3.63, 3.8) is 0 Å². The van der Waals surface area contributed by atoms with Gasteiger partial charge in [-0.25, -0.2) is 0 Å². The van der Waals surface area contributed by atoms with Crippen LogP contribution in [0.4, 0.5) is 0 Å². The number of aliphatic hydroxyl groups is 1. The lowest BCUT2D eigenvalue weighted by Gasteiger charge is -2.29. The van der Waals surface area contributed by atoms with Gasteiger partial charge in [0.25, 0.3) is 0 Å². The molecule has 0 saturated carbocycles. The SMILES string of the molecule is BC(=N\OCCCCCn1cc(C(C)CCC)nn1)/C(CC(=O)O)=C1\Sc2c(C)ccc(C)c2SC1CO. The van der Waals surface area contributed by atoms with E-state index >= 15 is 0 Å². The Labute approximate surface area is 235 Å². The number of aliphatic carboxylic acids is 1. The summed E-state index contributed by atoms with van der Waals surface area (Å²) in [5.41, 5.74) is 4.50. The number of aromatic nitrogens is 3. The van der Waals surface area contributed by atoms with Gasteiger partial charge in [0.2, 0.25) is 0 Å². The Bertz CT molecular complexity index is 1170. The van der Waals surface area contributed by atoms with Crippen molar-refractivity contribution < 1.29 is 19.8 Å². The fourth-order valence-electron chi connectivity index (χ4n) is 4.37. The number of nitrogens with zero attached hydrogens (tertiary/aromatic N) is 4. The molecule has 11 heteroatoms. The summed E-state index contributed by atoms with van der Waals surface area (Å²) in [4.78, 5) is 20.4. The molecule has 3 rings (SSSR count). The fourth-order valence-corrected chi connectivity index (χ4v) is 7.31. The first kappa shape index (κ1) is 30.3. The Morgan fingerprint density at radius 2 is 1.97 bits per heavy atom. The van der Waals surface area contributed by atoms with Gasteiger partial charge in [0.1, 0.15) is 6.61 Å². The molecule has 2 atom stereocenters. The second kappa shape index (κ2) is 14.8. The summed E-state index contributed by atoms with van der Waals surface area (Å²) in [7, 11) is 1.78. The third-order valence-corrected chi connectivity index (χ3v) is 9.80. The van der Waals surface area contributed by atoms with Crippen molar-refractivity contribution in [3.05, 3.63) is 45.6 Å². The first-order chi connectivity index (χ1) is 18.2. The molecule has 1 aromatic heterocycles. The van der Waals surface area contributed by atoms with Crippen LogP contribution in [0.3, 0.4) is 0 Å².